The van der Waals surface area contributed by atoms with Crippen LogP contribution in [0.25, 0.3) is 0 Å². The molecular formula is C11H16BrN5. The maximum Gasteiger partial charge on any atom is 0.0768 e. The summed E-state index contributed by atoms with van der Waals surface area (Å²) >= 11 is 3.50. The number of nitrogens with two attached hydrogens (primary N) is 1. The van der Waals surface area contributed by atoms with Gasteiger partial charge in [-0.3, -0.25) is 9.36 Å². The molecule has 0 saturated carbocycles. The summed E-state index contributed by atoms with van der Waals surface area (Å²) in [6.45, 7) is 4.86. The SMILES string of the molecule is CCn1ncc(Br)c1C(N)c1cnn(C)c1C. The van der Waals surface area contributed by atoms with Gasteiger partial charge >= 0.3 is 0 Å². The Hall–Kier alpha value is -1.14. The van der Waals surface area contributed by atoms with Crippen LogP contribution in [-0.2, 0) is 13.6 Å². The minimum Gasteiger partial charge on any atom is -0.319 e. The normalized spacial score (nSPS) is 13.0. The molecule has 0 spiro atoms. The van der Waals surface area contributed by atoms with Crippen LogP contribution in [0.3, 0.4) is 0 Å². The number of hydrogen-bond acceptors (Lipinski definition) is 3. The zero-order valence-electron chi connectivity index (χ0n) is 10.2. The average Bonchev–Trinajstić information content (AvgIpc) is 2.83. The molecule has 92 valence electrons. The Morgan fingerprint density at radius 1 is 1.41 bits per heavy atom. The molecule has 2 aromatic heterocycles. The second kappa shape index (κ2) is 4.62. The summed E-state index contributed by atoms with van der Waals surface area (Å²) in [5.41, 5.74) is 9.41. The highest BCUT2D eigenvalue weighted by Crippen LogP contribution is 2.28. The summed E-state index contributed by atoms with van der Waals surface area (Å²) in [5, 5.41) is 8.50. The quantitative estimate of drug-likeness (QED) is 0.939. The number of hydrogen-bond donors (Lipinski definition) is 1. The van der Waals surface area contributed by atoms with Crippen LogP contribution in [0.4, 0.5) is 0 Å². The molecule has 0 aliphatic heterocycles. The summed E-state index contributed by atoms with van der Waals surface area (Å²) in [6, 6.07) is -0.208. The lowest BCUT2D eigenvalue weighted by atomic mass is 10.1. The van der Waals surface area contributed by atoms with E-state index in [1.54, 1.807) is 6.20 Å². The van der Waals surface area contributed by atoms with Gasteiger partial charge in [-0.2, -0.15) is 10.2 Å². The molecule has 17 heavy (non-hydrogen) atoms. The number of halogens is 1. The lowest BCUT2D eigenvalue weighted by Crippen LogP contribution is -2.18. The summed E-state index contributed by atoms with van der Waals surface area (Å²) in [5.74, 6) is 0. The zero-order chi connectivity index (χ0) is 12.6. The second-order valence-corrected chi connectivity index (χ2v) is 4.83. The minimum atomic E-state index is -0.208. The summed E-state index contributed by atoms with van der Waals surface area (Å²) in [7, 11) is 1.91. The fourth-order valence-electron chi connectivity index (χ4n) is 1.90. The molecule has 6 heteroatoms. The van der Waals surface area contributed by atoms with Crippen molar-refractivity contribution < 1.29 is 0 Å². The van der Waals surface area contributed by atoms with E-state index in [2.05, 4.69) is 26.1 Å². The van der Waals surface area contributed by atoms with Crippen LogP contribution in [0.1, 0.15) is 29.9 Å². The predicted molar refractivity (Wildman–Crippen MR) is 69.6 cm³/mol. The van der Waals surface area contributed by atoms with Gasteiger partial charge in [-0.05, 0) is 29.8 Å². The Bertz CT molecular complexity index is 528. The van der Waals surface area contributed by atoms with Gasteiger partial charge in [0, 0.05) is 24.8 Å². The third-order valence-corrected chi connectivity index (χ3v) is 3.65. The molecule has 0 aliphatic carbocycles. The molecule has 0 radical (unpaired) electrons. The molecule has 2 aromatic rings. The van der Waals surface area contributed by atoms with Crippen molar-refractivity contribution in [2.24, 2.45) is 12.8 Å². The van der Waals surface area contributed by atoms with E-state index in [0.29, 0.717) is 0 Å². The Kier molecular flexibility index (Phi) is 3.35. The van der Waals surface area contributed by atoms with Gasteiger partial charge < -0.3 is 5.73 Å². The molecule has 0 amide bonds. The maximum absolute atomic E-state index is 6.31. The molecule has 2 N–H and O–H groups in total. The van der Waals surface area contributed by atoms with Crippen LogP contribution in [0, 0.1) is 6.92 Å². The molecule has 0 aromatic carbocycles. The molecule has 0 fully saturated rings. The first-order valence-electron chi connectivity index (χ1n) is 5.51. The second-order valence-electron chi connectivity index (χ2n) is 3.98. The van der Waals surface area contributed by atoms with Crippen LogP contribution in [0.2, 0.25) is 0 Å². The maximum atomic E-state index is 6.31. The van der Waals surface area contributed by atoms with Crippen molar-refractivity contribution in [1.82, 2.24) is 19.6 Å². The highest BCUT2D eigenvalue weighted by molar-refractivity contribution is 9.10. The molecule has 0 saturated heterocycles. The van der Waals surface area contributed by atoms with E-state index in [4.69, 9.17) is 5.73 Å². The predicted octanol–water partition coefficient (Wildman–Crippen LogP) is 1.76. The van der Waals surface area contributed by atoms with Gasteiger partial charge in [0.05, 0.1) is 28.6 Å². The van der Waals surface area contributed by atoms with Gasteiger partial charge in [0.25, 0.3) is 0 Å². The monoisotopic (exact) mass is 297 g/mol. The molecule has 1 atom stereocenters. The van der Waals surface area contributed by atoms with Crippen molar-refractivity contribution in [3.8, 4) is 0 Å². The van der Waals surface area contributed by atoms with Crippen LogP contribution >= 0.6 is 15.9 Å². The summed E-state index contributed by atoms with van der Waals surface area (Å²) in [4.78, 5) is 0. The first-order valence-corrected chi connectivity index (χ1v) is 6.30. The number of nitrogens with zero attached hydrogens (tertiary/aromatic N) is 4. The third-order valence-electron chi connectivity index (χ3n) is 3.04. The molecule has 0 aliphatic rings. The van der Waals surface area contributed by atoms with Gasteiger partial charge in [0.2, 0.25) is 0 Å². The lowest BCUT2D eigenvalue weighted by Gasteiger charge is -2.14. The molecule has 2 rings (SSSR count). The van der Waals surface area contributed by atoms with Gasteiger partial charge in [-0.1, -0.05) is 0 Å². The van der Waals surface area contributed by atoms with Crippen molar-refractivity contribution in [1.29, 1.82) is 0 Å². The number of aryl methyl sites for hydroxylation is 2. The fourth-order valence-corrected chi connectivity index (χ4v) is 2.44. The lowest BCUT2D eigenvalue weighted by molar-refractivity contribution is 0.598. The van der Waals surface area contributed by atoms with E-state index in [1.807, 2.05) is 36.5 Å². The first kappa shape index (κ1) is 12.3. The van der Waals surface area contributed by atoms with Crippen molar-refractivity contribution in [2.45, 2.75) is 26.4 Å². The van der Waals surface area contributed by atoms with Crippen molar-refractivity contribution in [3.63, 3.8) is 0 Å². The topological polar surface area (TPSA) is 61.7 Å². The van der Waals surface area contributed by atoms with Crippen LogP contribution < -0.4 is 5.73 Å². The molecular weight excluding hydrogens is 282 g/mol. The highest BCUT2D eigenvalue weighted by Gasteiger charge is 2.21. The Morgan fingerprint density at radius 3 is 2.65 bits per heavy atom. The van der Waals surface area contributed by atoms with Crippen molar-refractivity contribution in [2.75, 3.05) is 0 Å². The number of rotatable bonds is 3. The highest BCUT2D eigenvalue weighted by atomic mass is 79.9. The standard InChI is InChI=1S/C11H16BrN5/c1-4-17-11(9(12)6-15-17)10(13)8-5-14-16(3)7(8)2/h5-6,10H,4,13H2,1-3H3. The molecule has 1 unspecified atom stereocenters. The first-order chi connectivity index (χ1) is 8.06. The summed E-state index contributed by atoms with van der Waals surface area (Å²) in [6.07, 6.45) is 3.60. The molecule has 5 nitrogen and oxygen atoms in total. The fraction of sp³-hybridized carbons (Fsp3) is 0.455. The smallest absolute Gasteiger partial charge is 0.0768 e. The van der Waals surface area contributed by atoms with Crippen molar-refractivity contribution >= 4 is 15.9 Å². The Morgan fingerprint density at radius 2 is 2.12 bits per heavy atom. The van der Waals surface area contributed by atoms with E-state index >= 15 is 0 Å². The molecule has 2 heterocycles. The molecule has 0 bridgehead atoms. The number of aromatic nitrogens is 4. The van der Waals surface area contributed by atoms with Gasteiger partial charge in [0.1, 0.15) is 0 Å². The van der Waals surface area contributed by atoms with Gasteiger partial charge in [-0.15, -0.1) is 0 Å². The van der Waals surface area contributed by atoms with Crippen LogP contribution in [0.15, 0.2) is 16.9 Å². The third kappa shape index (κ3) is 2.02. The largest absolute Gasteiger partial charge is 0.319 e. The van der Waals surface area contributed by atoms with Crippen LogP contribution in [0.5, 0.6) is 0 Å². The van der Waals surface area contributed by atoms with E-state index < -0.39 is 0 Å². The van der Waals surface area contributed by atoms with Crippen molar-refractivity contribution in [3.05, 3.63) is 33.8 Å². The van der Waals surface area contributed by atoms with Gasteiger partial charge in [0.15, 0.2) is 0 Å². The minimum absolute atomic E-state index is 0.208. The van der Waals surface area contributed by atoms with Crippen LogP contribution in [-0.4, -0.2) is 19.6 Å². The van der Waals surface area contributed by atoms with Gasteiger partial charge in [-0.25, -0.2) is 0 Å². The summed E-state index contributed by atoms with van der Waals surface area (Å²) < 4.78 is 4.67. The van der Waals surface area contributed by atoms with E-state index in [-0.39, 0.29) is 6.04 Å². The van der Waals surface area contributed by atoms with E-state index in [1.165, 1.54) is 0 Å². The van der Waals surface area contributed by atoms with E-state index in [0.717, 1.165) is 28.0 Å². The average molecular weight is 298 g/mol. The Labute approximate surface area is 109 Å². The Balaban J connectivity index is 2.46. The zero-order valence-corrected chi connectivity index (χ0v) is 11.8. The van der Waals surface area contributed by atoms with E-state index in [9.17, 15) is 0 Å².